The minimum Gasteiger partial charge on any atom is -0.489 e. The molecule has 0 aliphatic carbocycles. The fourth-order valence-corrected chi connectivity index (χ4v) is 4.61. The Morgan fingerprint density at radius 3 is 2.33 bits per heavy atom. The summed E-state index contributed by atoms with van der Waals surface area (Å²) in [4.78, 5) is 49.9. The van der Waals surface area contributed by atoms with E-state index in [1.807, 2.05) is 18.2 Å². The van der Waals surface area contributed by atoms with Crippen LogP contribution in [-0.4, -0.2) is 22.8 Å². The average molecular weight is 618 g/mol. The maximum Gasteiger partial charge on any atom is 0.335 e. The van der Waals surface area contributed by atoms with E-state index in [-0.39, 0.29) is 35.2 Å². The van der Waals surface area contributed by atoms with Gasteiger partial charge in [0.25, 0.3) is 17.5 Å². The van der Waals surface area contributed by atoms with Crippen molar-refractivity contribution < 1.29 is 28.8 Å². The van der Waals surface area contributed by atoms with Gasteiger partial charge in [-0.05, 0) is 59.7 Å². The molecule has 0 aromatic heterocycles. The molecule has 43 heavy (non-hydrogen) atoms. The van der Waals surface area contributed by atoms with Crippen LogP contribution in [0.4, 0.5) is 16.2 Å². The smallest absolute Gasteiger partial charge is 0.335 e. The summed E-state index contributed by atoms with van der Waals surface area (Å²) in [5, 5.41) is 13.9. The Bertz CT molecular complexity index is 1770. The van der Waals surface area contributed by atoms with Crippen LogP contribution in [0, 0.1) is 10.1 Å². The number of hydrogen-bond donors (Lipinski definition) is 1. The first-order valence-electron chi connectivity index (χ1n) is 12.7. The normalized spacial score (nSPS) is 14.0. The summed E-state index contributed by atoms with van der Waals surface area (Å²) >= 11 is 12.5. The lowest BCUT2D eigenvalue weighted by molar-refractivity contribution is -0.384. The highest BCUT2D eigenvalue weighted by atomic mass is 35.5. The first-order valence-corrected chi connectivity index (χ1v) is 13.5. The second kappa shape index (κ2) is 12.8. The third kappa shape index (κ3) is 6.83. The molecule has 1 aliphatic heterocycles. The van der Waals surface area contributed by atoms with Crippen molar-refractivity contribution in [2.75, 3.05) is 4.90 Å². The van der Waals surface area contributed by atoms with Gasteiger partial charge in [-0.25, -0.2) is 9.69 Å². The van der Waals surface area contributed by atoms with E-state index in [0.717, 1.165) is 10.5 Å². The number of nitrogens with zero attached hydrogens (tertiary/aromatic N) is 2. The summed E-state index contributed by atoms with van der Waals surface area (Å²) in [6.45, 7) is 0.258. The van der Waals surface area contributed by atoms with Crippen LogP contribution in [-0.2, 0) is 22.8 Å². The van der Waals surface area contributed by atoms with Crippen LogP contribution >= 0.6 is 23.2 Å². The Balaban J connectivity index is 1.29. The Hall–Kier alpha value is -5.19. The zero-order chi connectivity index (χ0) is 30.5. The number of barbiturate groups is 1. The third-order valence-corrected chi connectivity index (χ3v) is 7.00. The van der Waals surface area contributed by atoms with E-state index in [1.54, 1.807) is 42.5 Å². The van der Waals surface area contributed by atoms with E-state index in [1.165, 1.54) is 36.4 Å². The summed E-state index contributed by atoms with van der Waals surface area (Å²) in [5.74, 6) is -0.889. The van der Waals surface area contributed by atoms with Crippen molar-refractivity contribution in [3.05, 3.63) is 133 Å². The number of urea groups is 1. The summed E-state index contributed by atoms with van der Waals surface area (Å²) in [6.07, 6.45) is 1.31. The van der Waals surface area contributed by atoms with Crippen LogP contribution < -0.4 is 19.7 Å². The zero-order valence-electron chi connectivity index (χ0n) is 22.2. The van der Waals surface area contributed by atoms with Gasteiger partial charge >= 0.3 is 6.03 Å². The largest absolute Gasteiger partial charge is 0.489 e. The number of anilines is 1. The second-order valence-electron chi connectivity index (χ2n) is 9.24. The van der Waals surface area contributed by atoms with E-state index in [4.69, 9.17) is 32.7 Å². The van der Waals surface area contributed by atoms with E-state index in [9.17, 15) is 24.5 Å². The SMILES string of the molecule is O=C1NC(=O)N(c2ccc(OCc3ccccc3Cl)cc2)C(=O)/C1=C/c1ccc(OCc2cccc([N+](=O)[O-])c2)c(Cl)c1. The topological polar surface area (TPSA) is 128 Å². The number of halogens is 2. The molecule has 4 aromatic carbocycles. The molecule has 4 aromatic rings. The van der Waals surface area contributed by atoms with Gasteiger partial charge in [-0.1, -0.05) is 59.6 Å². The van der Waals surface area contributed by atoms with Crippen LogP contribution in [0.2, 0.25) is 10.0 Å². The summed E-state index contributed by atoms with van der Waals surface area (Å²) in [7, 11) is 0. The molecule has 0 bridgehead atoms. The number of non-ortho nitro benzene ring substituents is 1. The Labute approximate surface area is 255 Å². The standard InChI is InChI=1S/C31H21Cl2N3O7/c32-26-7-2-1-5-21(26)18-42-24-11-9-22(10-12-24)35-30(38)25(29(37)34-31(35)39)15-19-8-13-28(27(33)16-19)43-17-20-4-3-6-23(14-20)36(40)41/h1-16H,17-18H2,(H,34,37,39)/b25-15+. The van der Waals surface area contributed by atoms with Crippen molar-refractivity contribution >= 4 is 58.5 Å². The molecule has 4 amide bonds. The lowest BCUT2D eigenvalue weighted by Crippen LogP contribution is -2.54. The highest BCUT2D eigenvalue weighted by Gasteiger charge is 2.36. The van der Waals surface area contributed by atoms with Gasteiger partial charge in [0, 0.05) is 22.7 Å². The van der Waals surface area contributed by atoms with E-state index in [0.29, 0.717) is 27.6 Å². The van der Waals surface area contributed by atoms with Crippen molar-refractivity contribution in [2.45, 2.75) is 13.2 Å². The maximum absolute atomic E-state index is 13.3. The summed E-state index contributed by atoms with van der Waals surface area (Å²) < 4.78 is 11.5. The molecule has 1 saturated heterocycles. The number of nitro groups is 1. The first-order chi connectivity index (χ1) is 20.7. The van der Waals surface area contributed by atoms with Crippen LogP contribution in [0.3, 0.4) is 0 Å². The molecule has 0 spiro atoms. The molecule has 0 radical (unpaired) electrons. The van der Waals surface area contributed by atoms with Crippen molar-refractivity contribution in [1.82, 2.24) is 5.32 Å². The molecule has 1 aliphatic rings. The van der Waals surface area contributed by atoms with Gasteiger partial charge in [0.1, 0.15) is 30.3 Å². The lowest BCUT2D eigenvalue weighted by Gasteiger charge is -2.26. The van der Waals surface area contributed by atoms with E-state index >= 15 is 0 Å². The predicted molar refractivity (Wildman–Crippen MR) is 160 cm³/mol. The first kappa shape index (κ1) is 29.3. The fraction of sp³-hybridized carbons (Fsp3) is 0.0645. The molecule has 216 valence electrons. The number of hydrogen-bond acceptors (Lipinski definition) is 7. The lowest BCUT2D eigenvalue weighted by atomic mass is 10.1. The van der Waals surface area contributed by atoms with E-state index < -0.39 is 22.8 Å². The molecule has 1 N–H and O–H groups in total. The second-order valence-corrected chi connectivity index (χ2v) is 10.1. The van der Waals surface area contributed by atoms with Gasteiger partial charge in [0.2, 0.25) is 0 Å². The van der Waals surface area contributed by atoms with Crippen molar-refractivity contribution in [3.63, 3.8) is 0 Å². The Morgan fingerprint density at radius 1 is 0.837 bits per heavy atom. The molecule has 0 unspecified atom stereocenters. The minimum atomic E-state index is -0.889. The Morgan fingerprint density at radius 2 is 1.60 bits per heavy atom. The highest BCUT2D eigenvalue weighted by Crippen LogP contribution is 2.29. The van der Waals surface area contributed by atoms with Crippen LogP contribution in [0.25, 0.3) is 6.08 Å². The maximum atomic E-state index is 13.3. The fourth-order valence-electron chi connectivity index (χ4n) is 4.17. The minimum absolute atomic E-state index is 0.0314. The molecular formula is C31H21Cl2N3O7. The zero-order valence-corrected chi connectivity index (χ0v) is 23.7. The van der Waals surface area contributed by atoms with Crippen LogP contribution in [0.1, 0.15) is 16.7 Å². The number of benzene rings is 4. The van der Waals surface area contributed by atoms with Crippen molar-refractivity contribution in [3.8, 4) is 11.5 Å². The molecule has 1 fully saturated rings. The highest BCUT2D eigenvalue weighted by molar-refractivity contribution is 6.39. The number of nitrogens with one attached hydrogen (secondary N) is 1. The number of carbonyl (C=O) groups is 3. The van der Waals surface area contributed by atoms with Crippen molar-refractivity contribution in [2.24, 2.45) is 0 Å². The van der Waals surface area contributed by atoms with Gasteiger partial charge < -0.3 is 9.47 Å². The van der Waals surface area contributed by atoms with Crippen LogP contribution in [0.15, 0.2) is 96.6 Å². The molecule has 12 heteroatoms. The number of nitro benzene ring substituents is 1. The predicted octanol–water partition coefficient (Wildman–Crippen LogP) is 6.73. The van der Waals surface area contributed by atoms with Gasteiger partial charge in [-0.2, -0.15) is 0 Å². The third-order valence-electron chi connectivity index (χ3n) is 6.33. The Kier molecular flexibility index (Phi) is 8.70. The molecular weight excluding hydrogens is 597 g/mol. The molecule has 0 atom stereocenters. The number of rotatable bonds is 9. The number of amides is 4. The van der Waals surface area contributed by atoms with E-state index in [2.05, 4.69) is 5.32 Å². The summed E-state index contributed by atoms with van der Waals surface area (Å²) in [6, 6.07) is 23.2. The summed E-state index contributed by atoms with van der Waals surface area (Å²) in [5.41, 5.74) is 1.67. The van der Waals surface area contributed by atoms with Crippen molar-refractivity contribution in [1.29, 1.82) is 0 Å². The molecule has 10 nitrogen and oxygen atoms in total. The number of ether oxygens (including phenoxy) is 2. The van der Waals surface area contributed by atoms with Gasteiger partial charge in [-0.3, -0.25) is 25.0 Å². The number of carbonyl (C=O) groups excluding carboxylic acids is 3. The van der Waals surface area contributed by atoms with Gasteiger partial charge in [0.15, 0.2) is 0 Å². The monoisotopic (exact) mass is 617 g/mol. The van der Waals surface area contributed by atoms with Gasteiger partial charge in [-0.15, -0.1) is 0 Å². The number of imide groups is 2. The average Bonchev–Trinajstić information content (AvgIpc) is 2.99. The van der Waals surface area contributed by atoms with Crippen LogP contribution in [0.5, 0.6) is 11.5 Å². The molecule has 0 saturated carbocycles. The molecule has 5 rings (SSSR count). The molecule has 1 heterocycles. The quantitative estimate of drug-likeness (QED) is 0.0954. The van der Waals surface area contributed by atoms with Gasteiger partial charge in [0.05, 0.1) is 15.6 Å².